The van der Waals surface area contributed by atoms with E-state index in [1.54, 1.807) is 0 Å². The molecule has 0 bridgehead atoms. The first-order valence-electron chi connectivity index (χ1n) is 4.70. The third kappa shape index (κ3) is 3.81. The van der Waals surface area contributed by atoms with E-state index < -0.39 is 0 Å². The van der Waals surface area contributed by atoms with Crippen molar-refractivity contribution >= 4 is 0 Å². The van der Waals surface area contributed by atoms with Gasteiger partial charge in [-0.15, -0.1) is 5.92 Å². The van der Waals surface area contributed by atoms with Crippen molar-refractivity contribution < 1.29 is 0 Å². The monoisotopic (exact) mass is 164 g/mol. The van der Waals surface area contributed by atoms with Gasteiger partial charge < -0.3 is 0 Å². The summed E-state index contributed by atoms with van der Waals surface area (Å²) in [6.45, 7) is 14.3. The fourth-order valence-electron chi connectivity index (χ4n) is 1.12. The molecule has 0 saturated heterocycles. The molecular formula is C12H20. The molecule has 0 aliphatic carbocycles. The molecule has 12 heavy (non-hydrogen) atoms. The summed E-state index contributed by atoms with van der Waals surface area (Å²) in [5.74, 6) is 8.01. The fraction of sp³-hybridized carbons (Fsp3) is 0.667. The maximum atomic E-state index is 3.91. The van der Waals surface area contributed by atoms with E-state index in [9.17, 15) is 0 Å². The van der Waals surface area contributed by atoms with E-state index in [0.717, 1.165) is 12.8 Å². The Bertz CT molecular complexity index is 159. The molecule has 3 unspecified atom stereocenters. The van der Waals surface area contributed by atoms with E-state index in [1.807, 2.05) is 0 Å². The summed E-state index contributed by atoms with van der Waals surface area (Å²) in [7, 11) is 0. The first kappa shape index (κ1) is 11.6. The van der Waals surface area contributed by atoms with Crippen LogP contribution in [0.2, 0.25) is 0 Å². The van der Waals surface area contributed by atoms with Gasteiger partial charge in [0.05, 0.1) is 0 Å². The van der Waals surface area contributed by atoms with Gasteiger partial charge in [0, 0.05) is 12.3 Å². The van der Waals surface area contributed by atoms with Crippen LogP contribution in [0.25, 0.3) is 0 Å². The normalized spacial score (nSPS) is 17.4. The van der Waals surface area contributed by atoms with Gasteiger partial charge in [0.2, 0.25) is 0 Å². The number of rotatable bonds is 3. The minimum absolute atomic E-state index is 0.475. The predicted molar refractivity (Wildman–Crippen MR) is 55.2 cm³/mol. The third-order valence-corrected chi connectivity index (χ3v) is 2.60. The molecule has 0 nitrogen and oxygen atoms in total. The lowest BCUT2D eigenvalue weighted by atomic mass is 9.84. The van der Waals surface area contributed by atoms with Crippen LogP contribution in [0.4, 0.5) is 0 Å². The van der Waals surface area contributed by atoms with Crippen molar-refractivity contribution in [2.45, 2.75) is 33.6 Å². The second kappa shape index (κ2) is 6.12. The molecule has 0 saturated carbocycles. The summed E-state index contributed by atoms with van der Waals surface area (Å²) in [6.07, 6.45) is 1.72. The quantitative estimate of drug-likeness (QED) is 0.561. The first-order chi connectivity index (χ1) is 5.63. The summed E-state index contributed by atoms with van der Waals surface area (Å²) < 4.78 is 0. The Morgan fingerprint density at radius 2 is 1.75 bits per heavy atom. The van der Waals surface area contributed by atoms with Gasteiger partial charge in [0.1, 0.15) is 0 Å². The molecule has 0 heteroatoms. The lowest BCUT2D eigenvalue weighted by molar-refractivity contribution is 0.328. The van der Waals surface area contributed by atoms with Crippen molar-refractivity contribution in [3.05, 3.63) is 13.8 Å². The molecule has 0 spiro atoms. The molecule has 0 N–H and O–H groups in total. The van der Waals surface area contributed by atoms with E-state index in [0.29, 0.717) is 17.8 Å². The predicted octanol–water partition coefficient (Wildman–Crippen LogP) is 3.35. The van der Waals surface area contributed by atoms with Crippen LogP contribution >= 0.6 is 0 Å². The van der Waals surface area contributed by atoms with Crippen LogP contribution < -0.4 is 0 Å². The summed E-state index contributed by atoms with van der Waals surface area (Å²) in [4.78, 5) is 0. The molecule has 0 heterocycles. The molecule has 0 aliphatic rings. The summed E-state index contributed by atoms with van der Waals surface area (Å²) in [5.41, 5.74) is 0. The number of hydrogen-bond acceptors (Lipinski definition) is 0. The van der Waals surface area contributed by atoms with Gasteiger partial charge in [-0.25, -0.2) is 0 Å². The lowest BCUT2D eigenvalue weighted by Gasteiger charge is -2.21. The largest absolute Gasteiger partial charge is 0.103 e. The SMILES string of the molecule is [CH2]CC#CC(C)C(C)C(C)C[CH2]. The maximum absolute atomic E-state index is 3.91. The van der Waals surface area contributed by atoms with Crippen LogP contribution in [0, 0.1) is 43.4 Å². The second-order valence-electron chi connectivity index (χ2n) is 3.48. The zero-order valence-electron chi connectivity index (χ0n) is 8.56. The highest BCUT2D eigenvalue weighted by atomic mass is 14.2. The maximum Gasteiger partial charge on any atom is 0.0202 e. The smallest absolute Gasteiger partial charge is 0.0202 e. The Morgan fingerprint density at radius 1 is 1.17 bits per heavy atom. The second-order valence-corrected chi connectivity index (χ2v) is 3.48. The minimum atomic E-state index is 0.475. The molecule has 0 aliphatic heterocycles. The van der Waals surface area contributed by atoms with E-state index in [4.69, 9.17) is 0 Å². The summed E-state index contributed by atoms with van der Waals surface area (Å²) >= 11 is 0. The van der Waals surface area contributed by atoms with Crippen molar-refractivity contribution in [3.63, 3.8) is 0 Å². The zero-order valence-corrected chi connectivity index (χ0v) is 8.56. The Kier molecular flexibility index (Phi) is 5.89. The van der Waals surface area contributed by atoms with E-state index in [2.05, 4.69) is 46.5 Å². The van der Waals surface area contributed by atoms with Gasteiger partial charge in [-0.05, 0) is 18.8 Å². The van der Waals surface area contributed by atoms with E-state index in [1.165, 1.54) is 0 Å². The van der Waals surface area contributed by atoms with Crippen LogP contribution in [0.1, 0.15) is 33.6 Å². The summed E-state index contributed by atoms with van der Waals surface area (Å²) in [5, 5.41) is 0. The Balaban J connectivity index is 3.99. The molecule has 0 aromatic rings. The molecule has 2 radical (unpaired) electrons. The molecular weight excluding hydrogens is 144 g/mol. The molecule has 68 valence electrons. The van der Waals surface area contributed by atoms with Crippen LogP contribution in [0.3, 0.4) is 0 Å². The fourth-order valence-corrected chi connectivity index (χ4v) is 1.12. The lowest BCUT2D eigenvalue weighted by Crippen LogP contribution is -2.14. The summed E-state index contributed by atoms with van der Waals surface area (Å²) in [6, 6.07) is 0. The van der Waals surface area contributed by atoms with Crippen molar-refractivity contribution in [1.29, 1.82) is 0 Å². The Labute approximate surface area is 77.8 Å². The zero-order chi connectivity index (χ0) is 9.56. The van der Waals surface area contributed by atoms with Gasteiger partial charge in [-0.2, -0.15) is 0 Å². The van der Waals surface area contributed by atoms with Crippen molar-refractivity contribution in [2.75, 3.05) is 0 Å². The first-order valence-corrected chi connectivity index (χ1v) is 4.70. The molecule has 0 rings (SSSR count). The van der Waals surface area contributed by atoms with Crippen molar-refractivity contribution in [1.82, 2.24) is 0 Å². The topological polar surface area (TPSA) is 0 Å². The van der Waals surface area contributed by atoms with Crippen LogP contribution in [0.5, 0.6) is 0 Å². The highest BCUT2D eigenvalue weighted by Crippen LogP contribution is 2.22. The Morgan fingerprint density at radius 3 is 2.17 bits per heavy atom. The van der Waals surface area contributed by atoms with Crippen LogP contribution in [0.15, 0.2) is 0 Å². The average Bonchev–Trinajstić information content (AvgIpc) is 2.11. The van der Waals surface area contributed by atoms with E-state index in [-0.39, 0.29) is 0 Å². The van der Waals surface area contributed by atoms with Gasteiger partial charge in [-0.3, -0.25) is 0 Å². The van der Waals surface area contributed by atoms with Crippen molar-refractivity contribution in [3.8, 4) is 11.8 Å². The van der Waals surface area contributed by atoms with Gasteiger partial charge >= 0.3 is 0 Å². The van der Waals surface area contributed by atoms with Gasteiger partial charge in [-0.1, -0.05) is 40.0 Å². The highest BCUT2D eigenvalue weighted by Gasteiger charge is 2.15. The van der Waals surface area contributed by atoms with E-state index >= 15 is 0 Å². The molecule has 3 atom stereocenters. The molecule has 0 aromatic carbocycles. The average molecular weight is 164 g/mol. The standard InChI is InChI=1S/C12H20/c1-6-8-9-11(4)12(5)10(3)7-2/h10-12H,1-2,6-7H2,3-5H3. The molecule has 0 aromatic heterocycles. The van der Waals surface area contributed by atoms with Crippen LogP contribution in [-0.4, -0.2) is 0 Å². The highest BCUT2D eigenvalue weighted by molar-refractivity contribution is 5.04. The van der Waals surface area contributed by atoms with Gasteiger partial charge in [0.25, 0.3) is 0 Å². The Hall–Kier alpha value is -0.440. The molecule has 0 fully saturated rings. The van der Waals surface area contributed by atoms with Gasteiger partial charge in [0.15, 0.2) is 0 Å². The number of hydrogen-bond donors (Lipinski definition) is 0. The molecule has 0 amide bonds. The van der Waals surface area contributed by atoms with Crippen molar-refractivity contribution in [2.24, 2.45) is 17.8 Å². The van der Waals surface area contributed by atoms with Crippen LogP contribution in [-0.2, 0) is 0 Å². The minimum Gasteiger partial charge on any atom is -0.103 e. The third-order valence-electron chi connectivity index (χ3n) is 2.60.